The van der Waals surface area contributed by atoms with Crippen molar-refractivity contribution in [1.82, 2.24) is 14.9 Å². The first-order chi connectivity index (χ1) is 17.4. The summed E-state index contributed by atoms with van der Waals surface area (Å²) in [6, 6.07) is 15.9. The van der Waals surface area contributed by atoms with Crippen molar-refractivity contribution in [1.29, 1.82) is 0 Å². The number of benzene rings is 2. The van der Waals surface area contributed by atoms with Gasteiger partial charge >= 0.3 is 0 Å². The number of anilines is 1. The van der Waals surface area contributed by atoms with Crippen molar-refractivity contribution in [3.05, 3.63) is 70.9 Å². The molecule has 1 aromatic heterocycles. The number of rotatable bonds is 12. The molecular formula is C28H36N4O3S. The standard InChI is InChI=1S/C28H36N4O3S/c1-7-23-18-26(32(4)16-15-20-11-14-24(34-5)25(17-20)35-6)30-28(29-23)36-19-21-9-12-22(13-10-21)27(33)31(3)8-2/h9-14,17-18H,7-8,15-16,19H2,1-6H3. The molecule has 36 heavy (non-hydrogen) atoms. The number of likely N-dealkylation sites (N-methyl/N-ethyl adjacent to an activating group) is 1. The normalized spacial score (nSPS) is 10.7. The Kier molecular flexibility index (Phi) is 9.99. The van der Waals surface area contributed by atoms with E-state index in [1.54, 1.807) is 30.9 Å². The number of aromatic nitrogens is 2. The zero-order valence-corrected chi connectivity index (χ0v) is 22.9. The largest absolute Gasteiger partial charge is 0.493 e. The molecule has 0 aliphatic heterocycles. The second-order valence-corrected chi connectivity index (χ2v) is 9.46. The highest BCUT2D eigenvalue weighted by Gasteiger charge is 2.12. The Bertz CT molecular complexity index is 1150. The quantitative estimate of drug-likeness (QED) is 0.248. The van der Waals surface area contributed by atoms with Crippen molar-refractivity contribution in [3.8, 4) is 11.5 Å². The van der Waals surface area contributed by atoms with Gasteiger partial charge in [0.05, 0.1) is 14.2 Å². The Morgan fingerprint density at radius 3 is 2.25 bits per heavy atom. The van der Waals surface area contributed by atoms with E-state index < -0.39 is 0 Å². The van der Waals surface area contributed by atoms with Crippen LogP contribution in [0, 0.1) is 0 Å². The Labute approximate surface area is 218 Å². The van der Waals surface area contributed by atoms with Crippen LogP contribution in [0.25, 0.3) is 0 Å². The summed E-state index contributed by atoms with van der Waals surface area (Å²) >= 11 is 1.61. The van der Waals surface area contributed by atoms with E-state index in [0.29, 0.717) is 12.1 Å². The monoisotopic (exact) mass is 508 g/mol. The zero-order valence-electron chi connectivity index (χ0n) is 22.1. The topological polar surface area (TPSA) is 67.8 Å². The molecule has 3 aromatic rings. The fourth-order valence-corrected chi connectivity index (χ4v) is 4.43. The minimum atomic E-state index is 0.0384. The summed E-state index contributed by atoms with van der Waals surface area (Å²) < 4.78 is 10.8. The molecule has 7 nitrogen and oxygen atoms in total. The van der Waals surface area contributed by atoms with Gasteiger partial charge in [0.25, 0.3) is 5.91 Å². The predicted octanol–water partition coefficient (Wildman–Crippen LogP) is 5.12. The minimum absolute atomic E-state index is 0.0384. The molecule has 192 valence electrons. The van der Waals surface area contributed by atoms with Gasteiger partial charge in [-0.1, -0.05) is 36.9 Å². The van der Waals surface area contributed by atoms with Gasteiger partial charge in [0.2, 0.25) is 0 Å². The molecule has 0 aliphatic carbocycles. The third kappa shape index (κ3) is 7.13. The summed E-state index contributed by atoms with van der Waals surface area (Å²) in [5, 5.41) is 0.758. The van der Waals surface area contributed by atoms with Crippen molar-refractivity contribution in [2.75, 3.05) is 46.3 Å². The van der Waals surface area contributed by atoms with Gasteiger partial charge in [-0.3, -0.25) is 4.79 Å². The smallest absolute Gasteiger partial charge is 0.253 e. The van der Waals surface area contributed by atoms with Crippen LogP contribution < -0.4 is 14.4 Å². The first-order valence-corrected chi connectivity index (χ1v) is 13.1. The number of carbonyl (C=O) groups excluding carboxylic acids is 1. The van der Waals surface area contributed by atoms with E-state index in [2.05, 4.69) is 31.0 Å². The zero-order chi connectivity index (χ0) is 26.1. The Balaban J connectivity index is 1.65. The molecule has 0 atom stereocenters. The van der Waals surface area contributed by atoms with Crippen LogP contribution in [0.5, 0.6) is 11.5 Å². The number of ether oxygens (including phenoxy) is 2. The van der Waals surface area contributed by atoms with Crippen LogP contribution in [-0.4, -0.2) is 62.2 Å². The first-order valence-electron chi connectivity index (χ1n) is 12.2. The van der Waals surface area contributed by atoms with Gasteiger partial charge in [0.1, 0.15) is 5.82 Å². The molecule has 0 radical (unpaired) electrons. The molecule has 0 N–H and O–H groups in total. The average molecular weight is 509 g/mol. The maximum Gasteiger partial charge on any atom is 0.253 e. The van der Waals surface area contributed by atoms with Gasteiger partial charge in [-0.25, -0.2) is 9.97 Å². The minimum Gasteiger partial charge on any atom is -0.493 e. The van der Waals surface area contributed by atoms with E-state index in [-0.39, 0.29) is 5.91 Å². The van der Waals surface area contributed by atoms with Gasteiger partial charge in [0.15, 0.2) is 16.7 Å². The van der Waals surface area contributed by atoms with Gasteiger partial charge in [-0.05, 0) is 55.2 Å². The molecule has 0 aliphatic rings. The maximum absolute atomic E-state index is 12.3. The number of methoxy groups -OCH3 is 2. The first kappa shape index (κ1) is 27.3. The van der Waals surface area contributed by atoms with Gasteiger partial charge < -0.3 is 19.3 Å². The Morgan fingerprint density at radius 1 is 0.917 bits per heavy atom. The van der Waals surface area contributed by atoms with E-state index in [4.69, 9.17) is 19.4 Å². The summed E-state index contributed by atoms with van der Waals surface area (Å²) in [6.07, 6.45) is 1.69. The number of amides is 1. The van der Waals surface area contributed by atoms with Crippen molar-refractivity contribution >= 4 is 23.5 Å². The van der Waals surface area contributed by atoms with Crippen molar-refractivity contribution < 1.29 is 14.3 Å². The molecule has 3 rings (SSSR count). The molecular weight excluding hydrogens is 472 g/mol. The van der Waals surface area contributed by atoms with Gasteiger partial charge in [-0.15, -0.1) is 0 Å². The molecule has 0 saturated carbocycles. The molecule has 8 heteroatoms. The number of aryl methyl sites for hydroxylation is 1. The number of carbonyl (C=O) groups is 1. The van der Waals surface area contributed by atoms with E-state index >= 15 is 0 Å². The number of thioether (sulfide) groups is 1. The van der Waals surface area contributed by atoms with Crippen LogP contribution in [0.4, 0.5) is 5.82 Å². The summed E-state index contributed by atoms with van der Waals surface area (Å²) in [5.74, 6) is 3.15. The lowest BCUT2D eigenvalue weighted by Crippen LogP contribution is -2.26. The molecule has 0 saturated heterocycles. The molecule has 0 unspecified atom stereocenters. The van der Waals surface area contributed by atoms with Crippen molar-refractivity contribution in [2.24, 2.45) is 0 Å². The average Bonchev–Trinajstić information content (AvgIpc) is 2.93. The Morgan fingerprint density at radius 2 is 1.61 bits per heavy atom. The van der Waals surface area contributed by atoms with E-state index in [0.717, 1.165) is 58.9 Å². The second-order valence-electron chi connectivity index (χ2n) is 8.52. The third-order valence-corrected chi connectivity index (χ3v) is 6.99. The molecule has 0 bridgehead atoms. The van der Waals surface area contributed by atoms with Crippen LogP contribution in [0.1, 0.15) is 41.0 Å². The van der Waals surface area contributed by atoms with Crippen LogP contribution in [0.2, 0.25) is 0 Å². The molecule has 1 heterocycles. The lowest BCUT2D eigenvalue weighted by atomic mass is 10.1. The SMILES string of the molecule is CCc1cc(N(C)CCc2ccc(OC)c(OC)c2)nc(SCc2ccc(C(=O)N(C)CC)cc2)n1. The molecule has 0 fully saturated rings. The summed E-state index contributed by atoms with van der Waals surface area (Å²) in [5.41, 5.74) is 4.02. The summed E-state index contributed by atoms with van der Waals surface area (Å²) in [4.78, 5) is 25.7. The van der Waals surface area contributed by atoms with Gasteiger partial charge in [-0.2, -0.15) is 0 Å². The highest BCUT2D eigenvalue weighted by molar-refractivity contribution is 7.98. The predicted molar refractivity (Wildman–Crippen MR) is 147 cm³/mol. The highest BCUT2D eigenvalue weighted by Crippen LogP contribution is 2.28. The highest BCUT2D eigenvalue weighted by atomic mass is 32.2. The Hall–Kier alpha value is -3.26. The van der Waals surface area contributed by atoms with Crippen LogP contribution in [-0.2, 0) is 18.6 Å². The number of nitrogens with zero attached hydrogens (tertiary/aromatic N) is 4. The summed E-state index contributed by atoms with van der Waals surface area (Å²) in [7, 11) is 7.16. The van der Waals surface area contributed by atoms with Crippen molar-refractivity contribution in [2.45, 2.75) is 37.6 Å². The lowest BCUT2D eigenvalue weighted by molar-refractivity contribution is 0.0802. The molecule has 0 spiro atoms. The number of hydrogen-bond acceptors (Lipinski definition) is 7. The van der Waals surface area contributed by atoms with Crippen LogP contribution >= 0.6 is 11.8 Å². The molecule has 2 aromatic carbocycles. The third-order valence-electron chi connectivity index (χ3n) is 6.07. The second kappa shape index (κ2) is 13.2. The van der Waals surface area contributed by atoms with Crippen LogP contribution in [0.3, 0.4) is 0 Å². The van der Waals surface area contributed by atoms with E-state index in [1.807, 2.05) is 50.4 Å². The lowest BCUT2D eigenvalue weighted by Gasteiger charge is -2.20. The molecule has 1 amide bonds. The fraction of sp³-hybridized carbons (Fsp3) is 0.393. The number of hydrogen-bond donors (Lipinski definition) is 0. The fourth-order valence-electron chi connectivity index (χ4n) is 3.60. The van der Waals surface area contributed by atoms with E-state index in [9.17, 15) is 4.79 Å². The van der Waals surface area contributed by atoms with Gasteiger partial charge in [0, 0.05) is 50.3 Å². The van der Waals surface area contributed by atoms with Crippen LogP contribution in [0.15, 0.2) is 53.7 Å². The van der Waals surface area contributed by atoms with E-state index in [1.165, 1.54) is 5.56 Å². The maximum atomic E-state index is 12.3. The summed E-state index contributed by atoms with van der Waals surface area (Å²) in [6.45, 7) is 5.57. The van der Waals surface area contributed by atoms with Crippen molar-refractivity contribution in [3.63, 3.8) is 0 Å².